The molecule has 2 aliphatic heterocycles. The number of anilines is 3. The number of morpholine rings is 1. The smallest absolute Gasteiger partial charge is 0.245 e. The van der Waals surface area contributed by atoms with Crippen molar-refractivity contribution in [3.8, 4) is 22.6 Å². The number of carbonyl (C=O) groups is 1. The predicted octanol–water partition coefficient (Wildman–Crippen LogP) is 6.02. The zero-order chi connectivity index (χ0) is 33.5. The van der Waals surface area contributed by atoms with Crippen LogP contribution in [-0.4, -0.2) is 91.4 Å². The maximum atomic E-state index is 14.7. The number of aromatic nitrogens is 2. The molecule has 6 rings (SSSR count). The number of halogens is 2. The lowest BCUT2D eigenvalue weighted by Gasteiger charge is -2.32. The Morgan fingerprint density at radius 2 is 1.83 bits per heavy atom. The van der Waals surface area contributed by atoms with Crippen LogP contribution < -0.4 is 20.1 Å². The Balaban J connectivity index is 1.28. The van der Waals surface area contributed by atoms with Crippen molar-refractivity contribution >= 4 is 34.0 Å². The number of nitrogens with zero attached hydrogens (tertiary/aromatic N) is 4. The standard InChI is InChI=1S/C36H40F2N6O4/c1-3-35(45)44-12-9-26(10-13-44)41-32-21-28-30(22-34(32)48-16-4-11-43-14-17-47-18-15-43)39-23-40-36(28)42-31-19-24(5-8-33(31)46-2)27-7-6-25(37)20-29(27)38/h3,5-8,19-23,26,41H,1,4,9-18H2,2H3,(H,39,40,42). The molecule has 10 nitrogen and oxygen atoms in total. The fourth-order valence-corrected chi connectivity index (χ4v) is 6.13. The summed E-state index contributed by atoms with van der Waals surface area (Å²) in [5, 5.41) is 7.77. The van der Waals surface area contributed by atoms with Gasteiger partial charge in [0, 0.05) is 61.8 Å². The number of ether oxygens (including phenoxy) is 3. The number of rotatable bonds is 12. The lowest BCUT2D eigenvalue weighted by molar-refractivity contribution is -0.126. The third kappa shape index (κ3) is 7.83. The first-order chi connectivity index (χ1) is 23.4. The van der Waals surface area contributed by atoms with Crippen LogP contribution in [-0.2, 0) is 9.53 Å². The van der Waals surface area contributed by atoms with E-state index >= 15 is 0 Å². The van der Waals surface area contributed by atoms with Gasteiger partial charge in [-0.2, -0.15) is 0 Å². The molecular weight excluding hydrogens is 618 g/mol. The first-order valence-corrected chi connectivity index (χ1v) is 16.2. The molecule has 0 unspecified atom stereocenters. The molecule has 0 aliphatic carbocycles. The zero-order valence-electron chi connectivity index (χ0n) is 27.0. The fourth-order valence-electron chi connectivity index (χ4n) is 6.13. The maximum absolute atomic E-state index is 14.7. The normalized spacial score (nSPS) is 15.7. The van der Waals surface area contributed by atoms with Crippen molar-refractivity contribution in [2.45, 2.75) is 25.3 Å². The Hall–Kier alpha value is -4.81. The summed E-state index contributed by atoms with van der Waals surface area (Å²) in [4.78, 5) is 25.4. The molecule has 4 aromatic rings. The highest BCUT2D eigenvalue weighted by Gasteiger charge is 2.23. The van der Waals surface area contributed by atoms with Gasteiger partial charge in [0.1, 0.15) is 35.3 Å². The largest absolute Gasteiger partial charge is 0.495 e. The van der Waals surface area contributed by atoms with Crippen molar-refractivity contribution in [1.82, 2.24) is 19.8 Å². The number of methoxy groups -OCH3 is 1. The van der Waals surface area contributed by atoms with Crippen LogP contribution in [0.15, 0.2) is 67.5 Å². The molecule has 1 amide bonds. The van der Waals surface area contributed by atoms with Gasteiger partial charge in [0.2, 0.25) is 5.91 Å². The highest BCUT2D eigenvalue weighted by molar-refractivity contribution is 5.95. The van der Waals surface area contributed by atoms with Gasteiger partial charge in [-0.05, 0) is 61.2 Å². The third-order valence-corrected chi connectivity index (χ3v) is 8.75. The summed E-state index contributed by atoms with van der Waals surface area (Å²) in [6.07, 6.45) is 5.24. The average molecular weight is 659 g/mol. The first-order valence-electron chi connectivity index (χ1n) is 16.2. The van der Waals surface area contributed by atoms with Gasteiger partial charge in [-0.15, -0.1) is 0 Å². The molecule has 2 N–H and O–H groups in total. The van der Waals surface area contributed by atoms with E-state index in [1.54, 1.807) is 25.3 Å². The zero-order valence-corrected chi connectivity index (χ0v) is 27.0. The molecule has 0 atom stereocenters. The van der Waals surface area contributed by atoms with Crippen LogP contribution in [0.5, 0.6) is 11.5 Å². The molecule has 3 aromatic carbocycles. The van der Waals surface area contributed by atoms with Gasteiger partial charge >= 0.3 is 0 Å². The molecule has 0 saturated carbocycles. The van der Waals surface area contributed by atoms with Gasteiger partial charge in [0.15, 0.2) is 0 Å². The molecule has 1 aromatic heterocycles. The summed E-state index contributed by atoms with van der Waals surface area (Å²) in [6, 6.07) is 12.7. The molecular formula is C36H40F2N6O4. The summed E-state index contributed by atoms with van der Waals surface area (Å²) in [5.74, 6) is 0.363. The Bertz CT molecular complexity index is 1760. The van der Waals surface area contributed by atoms with Gasteiger partial charge in [0.05, 0.1) is 43.8 Å². The van der Waals surface area contributed by atoms with E-state index in [-0.39, 0.29) is 17.5 Å². The topological polar surface area (TPSA) is 101 Å². The molecule has 3 heterocycles. The second-order valence-corrected chi connectivity index (χ2v) is 11.9. The minimum atomic E-state index is -0.661. The highest BCUT2D eigenvalue weighted by Crippen LogP contribution is 2.38. The Morgan fingerprint density at radius 1 is 1.02 bits per heavy atom. The SMILES string of the molecule is C=CC(=O)N1CCC(Nc2cc3c(Nc4cc(-c5ccc(F)cc5F)ccc4OC)ncnc3cc2OCCCN2CCOCC2)CC1. The number of amides is 1. The van der Waals surface area contributed by atoms with Gasteiger partial charge in [-0.3, -0.25) is 9.69 Å². The van der Waals surface area contributed by atoms with Crippen LogP contribution in [0.4, 0.5) is 26.0 Å². The minimum Gasteiger partial charge on any atom is -0.495 e. The summed E-state index contributed by atoms with van der Waals surface area (Å²) in [7, 11) is 1.55. The van der Waals surface area contributed by atoms with Crippen molar-refractivity contribution in [3.63, 3.8) is 0 Å². The molecule has 0 spiro atoms. The number of benzene rings is 3. The van der Waals surface area contributed by atoms with E-state index in [0.717, 1.165) is 69.3 Å². The summed E-state index contributed by atoms with van der Waals surface area (Å²) < 4.78 is 45.7. The average Bonchev–Trinajstić information content (AvgIpc) is 3.11. The van der Waals surface area contributed by atoms with Gasteiger partial charge in [-0.1, -0.05) is 12.6 Å². The van der Waals surface area contributed by atoms with Crippen LogP contribution in [0.25, 0.3) is 22.0 Å². The lowest BCUT2D eigenvalue weighted by atomic mass is 10.0. The van der Waals surface area contributed by atoms with Crippen LogP contribution in [0.2, 0.25) is 0 Å². The van der Waals surface area contributed by atoms with E-state index in [1.807, 2.05) is 17.0 Å². The minimum absolute atomic E-state index is 0.0574. The van der Waals surface area contributed by atoms with Gasteiger partial charge < -0.3 is 29.7 Å². The molecule has 252 valence electrons. The second kappa shape index (κ2) is 15.4. The van der Waals surface area contributed by atoms with Crippen molar-refractivity contribution in [3.05, 3.63) is 79.1 Å². The second-order valence-electron chi connectivity index (χ2n) is 11.9. The summed E-state index contributed by atoms with van der Waals surface area (Å²) in [6.45, 7) is 9.70. The van der Waals surface area contributed by atoms with E-state index < -0.39 is 11.6 Å². The Labute approximate surface area is 278 Å². The van der Waals surface area contributed by atoms with Crippen LogP contribution >= 0.6 is 0 Å². The van der Waals surface area contributed by atoms with Crippen molar-refractivity contribution < 1.29 is 27.8 Å². The van der Waals surface area contributed by atoms with Gasteiger partial charge in [0.25, 0.3) is 0 Å². The maximum Gasteiger partial charge on any atom is 0.245 e. The molecule has 0 bridgehead atoms. The predicted molar refractivity (Wildman–Crippen MR) is 182 cm³/mol. The number of piperidine rings is 1. The molecule has 2 aliphatic rings. The summed E-state index contributed by atoms with van der Waals surface area (Å²) >= 11 is 0. The van der Waals surface area contributed by atoms with E-state index in [9.17, 15) is 13.6 Å². The van der Waals surface area contributed by atoms with E-state index in [1.165, 1.54) is 24.5 Å². The number of carbonyl (C=O) groups excluding carboxylic acids is 1. The highest BCUT2D eigenvalue weighted by atomic mass is 19.1. The van der Waals surface area contributed by atoms with E-state index in [4.69, 9.17) is 14.2 Å². The fraction of sp³-hybridized carbons (Fsp3) is 0.361. The molecule has 48 heavy (non-hydrogen) atoms. The quantitative estimate of drug-likeness (QED) is 0.140. The van der Waals surface area contributed by atoms with Crippen LogP contribution in [0, 0.1) is 11.6 Å². The lowest BCUT2D eigenvalue weighted by Crippen LogP contribution is -2.41. The van der Waals surface area contributed by atoms with Crippen molar-refractivity contribution in [2.24, 2.45) is 0 Å². The first kappa shape index (κ1) is 33.1. The number of hydrogen-bond acceptors (Lipinski definition) is 9. The molecule has 2 saturated heterocycles. The van der Waals surface area contributed by atoms with E-state index in [0.29, 0.717) is 53.8 Å². The summed E-state index contributed by atoms with van der Waals surface area (Å²) in [5.41, 5.74) is 2.83. The molecule has 0 radical (unpaired) electrons. The number of fused-ring (bicyclic) bond motifs is 1. The van der Waals surface area contributed by atoms with Crippen molar-refractivity contribution in [2.75, 3.05) is 70.3 Å². The van der Waals surface area contributed by atoms with Crippen molar-refractivity contribution in [1.29, 1.82) is 0 Å². The number of likely N-dealkylation sites (tertiary alicyclic amines) is 1. The van der Waals surface area contributed by atoms with Crippen LogP contribution in [0.1, 0.15) is 19.3 Å². The number of nitrogens with one attached hydrogen (secondary N) is 2. The Kier molecular flexibility index (Phi) is 10.6. The van der Waals surface area contributed by atoms with Gasteiger partial charge in [-0.25, -0.2) is 18.7 Å². The monoisotopic (exact) mass is 658 g/mol. The van der Waals surface area contributed by atoms with Crippen LogP contribution in [0.3, 0.4) is 0 Å². The molecule has 2 fully saturated rings. The third-order valence-electron chi connectivity index (χ3n) is 8.75. The Morgan fingerprint density at radius 3 is 2.58 bits per heavy atom. The van der Waals surface area contributed by atoms with E-state index in [2.05, 4.69) is 32.1 Å². The molecule has 12 heteroatoms. The number of hydrogen-bond donors (Lipinski definition) is 2.